The molecule has 1 unspecified atom stereocenters. The molecule has 0 bridgehead atoms. The van der Waals surface area contributed by atoms with Crippen molar-refractivity contribution in [3.05, 3.63) is 0 Å². The standard InChI is InChI=1S/C11H22FN/c1-11(2,3)6-8-13-7-4-5-10(12)9-13/h10H,4-9H2,1-3H3. The van der Waals surface area contributed by atoms with Crippen molar-refractivity contribution >= 4 is 0 Å². The smallest absolute Gasteiger partial charge is 0.113 e. The van der Waals surface area contributed by atoms with Crippen LogP contribution in [0, 0.1) is 5.41 Å². The first-order chi connectivity index (χ1) is 5.97. The monoisotopic (exact) mass is 187 g/mol. The molecule has 0 aromatic carbocycles. The third-order valence-electron chi connectivity index (χ3n) is 2.63. The Morgan fingerprint density at radius 2 is 2.08 bits per heavy atom. The second-order valence-corrected chi connectivity index (χ2v) is 5.35. The van der Waals surface area contributed by atoms with Crippen LogP contribution in [0.15, 0.2) is 0 Å². The molecule has 1 aliphatic rings. The molecule has 1 heterocycles. The van der Waals surface area contributed by atoms with Gasteiger partial charge in [-0.2, -0.15) is 0 Å². The average Bonchev–Trinajstić information content (AvgIpc) is 2.00. The van der Waals surface area contributed by atoms with Gasteiger partial charge in [0.25, 0.3) is 0 Å². The molecule has 0 amide bonds. The molecule has 1 nitrogen and oxygen atoms in total. The van der Waals surface area contributed by atoms with Gasteiger partial charge in [0, 0.05) is 6.54 Å². The summed E-state index contributed by atoms with van der Waals surface area (Å²) in [4.78, 5) is 2.26. The van der Waals surface area contributed by atoms with Gasteiger partial charge in [-0.3, -0.25) is 0 Å². The van der Waals surface area contributed by atoms with Crippen LogP contribution in [0.3, 0.4) is 0 Å². The Morgan fingerprint density at radius 1 is 1.38 bits per heavy atom. The van der Waals surface area contributed by atoms with Gasteiger partial charge in [0.2, 0.25) is 0 Å². The number of nitrogens with zero attached hydrogens (tertiary/aromatic N) is 1. The minimum Gasteiger partial charge on any atom is -0.300 e. The van der Waals surface area contributed by atoms with E-state index in [1.165, 1.54) is 6.42 Å². The van der Waals surface area contributed by atoms with Crippen LogP contribution < -0.4 is 0 Å². The van der Waals surface area contributed by atoms with E-state index in [1.807, 2.05) is 0 Å². The molecule has 1 aliphatic heterocycles. The predicted molar refractivity (Wildman–Crippen MR) is 54.6 cm³/mol. The van der Waals surface area contributed by atoms with Crippen LogP contribution in [0.1, 0.15) is 40.0 Å². The maximum Gasteiger partial charge on any atom is 0.113 e. The summed E-state index contributed by atoms with van der Waals surface area (Å²) in [6.45, 7) is 9.54. The van der Waals surface area contributed by atoms with Crippen LogP contribution in [0.25, 0.3) is 0 Å². The molecule has 0 N–H and O–H groups in total. The number of hydrogen-bond donors (Lipinski definition) is 0. The van der Waals surface area contributed by atoms with Gasteiger partial charge in [-0.15, -0.1) is 0 Å². The largest absolute Gasteiger partial charge is 0.300 e. The second-order valence-electron chi connectivity index (χ2n) is 5.35. The highest BCUT2D eigenvalue weighted by atomic mass is 19.1. The van der Waals surface area contributed by atoms with E-state index in [9.17, 15) is 4.39 Å². The van der Waals surface area contributed by atoms with Crippen molar-refractivity contribution in [3.8, 4) is 0 Å². The van der Waals surface area contributed by atoms with Gasteiger partial charge >= 0.3 is 0 Å². The van der Waals surface area contributed by atoms with Crippen molar-refractivity contribution in [3.63, 3.8) is 0 Å². The number of alkyl halides is 1. The van der Waals surface area contributed by atoms with E-state index in [2.05, 4.69) is 25.7 Å². The topological polar surface area (TPSA) is 3.24 Å². The Hall–Kier alpha value is -0.110. The molecule has 1 rings (SSSR count). The van der Waals surface area contributed by atoms with Crippen LogP contribution in [0.5, 0.6) is 0 Å². The number of piperidine rings is 1. The van der Waals surface area contributed by atoms with Gasteiger partial charge in [-0.1, -0.05) is 20.8 Å². The zero-order chi connectivity index (χ0) is 9.90. The molecule has 0 spiro atoms. The Balaban J connectivity index is 2.21. The van der Waals surface area contributed by atoms with E-state index < -0.39 is 6.17 Å². The lowest BCUT2D eigenvalue weighted by Gasteiger charge is -2.31. The van der Waals surface area contributed by atoms with Gasteiger partial charge < -0.3 is 4.90 Å². The maximum atomic E-state index is 13.0. The number of hydrogen-bond acceptors (Lipinski definition) is 1. The fourth-order valence-electron chi connectivity index (χ4n) is 1.70. The first-order valence-electron chi connectivity index (χ1n) is 5.34. The highest BCUT2D eigenvalue weighted by Crippen LogP contribution is 2.20. The summed E-state index contributed by atoms with van der Waals surface area (Å²) in [5, 5.41) is 0. The summed E-state index contributed by atoms with van der Waals surface area (Å²) in [5.74, 6) is 0. The van der Waals surface area contributed by atoms with Gasteiger partial charge in [-0.05, 0) is 37.8 Å². The summed E-state index contributed by atoms with van der Waals surface area (Å²) in [6.07, 6.45) is 2.39. The molecule has 78 valence electrons. The van der Waals surface area contributed by atoms with Crippen molar-refractivity contribution in [2.45, 2.75) is 46.2 Å². The minimum absolute atomic E-state index is 0.378. The van der Waals surface area contributed by atoms with Crippen LogP contribution in [0.4, 0.5) is 4.39 Å². The molecule has 0 aromatic rings. The quantitative estimate of drug-likeness (QED) is 0.642. The van der Waals surface area contributed by atoms with Crippen LogP contribution in [-0.4, -0.2) is 30.7 Å². The maximum absolute atomic E-state index is 13.0. The van der Waals surface area contributed by atoms with Crippen molar-refractivity contribution < 1.29 is 4.39 Å². The summed E-state index contributed by atoms with van der Waals surface area (Å²) < 4.78 is 13.0. The average molecular weight is 187 g/mol. The van der Waals surface area contributed by atoms with Crippen LogP contribution >= 0.6 is 0 Å². The van der Waals surface area contributed by atoms with Gasteiger partial charge in [0.1, 0.15) is 6.17 Å². The molecule has 0 aromatic heterocycles. The molecule has 1 fully saturated rings. The Morgan fingerprint density at radius 3 is 2.62 bits per heavy atom. The fourth-order valence-corrected chi connectivity index (χ4v) is 1.70. The van der Waals surface area contributed by atoms with Crippen molar-refractivity contribution in [1.82, 2.24) is 4.90 Å². The Kier molecular flexibility index (Phi) is 3.72. The molecule has 0 saturated carbocycles. The third kappa shape index (κ3) is 4.61. The van der Waals surface area contributed by atoms with Gasteiger partial charge in [-0.25, -0.2) is 4.39 Å². The SMILES string of the molecule is CC(C)(C)CCN1CCCC(F)C1. The van der Waals surface area contributed by atoms with Crippen molar-refractivity contribution in [1.29, 1.82) is 0 Å². The fraction of sp³-hybridized carbons (Fsp3) is 1.00. The summed E-state index contributed by atoms with van der Waals surface area (Å²) in [7, 11) is 0. The summed E-state index contributed by atoms with van der Waals surface area (Å²) in [5.41, 5.74) is 0.378. The molecular formula is C11H22FN. The predicted octanol–water partition coefficient (Wildman–Crippen LogP) is 2.86. The second kappa shape index (κ2) is 4.41. The summed E-state index contributed by atoms with van der Waals surface area (Å²) in [6, 6.07) is 0. The highest BCUT2D eigenvalue weighted by molar-refractivity contribution is 4.74. The molecule has 0 radical (unpaired) electrons. The Labute approximate surface area is 81.3 Å². The summed E-state index contributed by atoms with van der Waals surface area (Å²) >= 11 is 0. The zero-order valence-corrected chi connectivity index (χ0v) is 9.15. The van der Waals surface area contributed by atoms with Crippen LogP contribution in [0.2, 0.25) is 0 Å². The Bertz CT molecular complexity index is 151. The lowest BCUT2D eigenvalue weighted by atomic mass is 9.92. The van der Waals surface area contributed by atoms with E-state index in [-0.39, 0.29) is 0 Å². The first-order valence-corrected chi connectivity index (χ1v) is 5.34. The number of halogens is 1. The molecular weight excluding hydrogens is 165 g/mol. The van der Waals surface area contributed by atoms with Gasteiger partial charge in [0.15, 0.2) is 0 Å². The lowest BCUT2D eigenvalue weighted by molar-refractivity contribution is 0.126. The third-order valence-corrected chi connectivity index (χ3v) is 2.63. The molecule has 13 heavy (non-hydrogen) atoms. The minimum atomic E-state index is -0.575. The normalized spacial score (nSPS) is 26.3. The van der Waals surface area contributed by atoms with Crippen LogP contribution in [-0.2, 0) is 0 Å². The van der Waals surface area contributed by atoms with E-state index in [0.717, 1.165) is 25.9 Å². The van der Waals surface area contributed by atoms with Gasteiger partial charge in [0.05, 0.1) is 0 Å². The number of rotatable bonds is 2. The molecule has 1 atom stereocenters. The van der Waals surface area contributed by atoms with Crippen molar-refractivity contribution in [2.75, 3.05) is 19.6 Å². The van der Waals surface area contributed by atoms with E-state index in [4.69, 9.17) is 0 Å². The van der Waals surface area contributed by atoms with Crippen molar-refractivity contribution in [2.24, 2.45) is 5.41 Å². The zero-order valence-electron chi connectivity index (χ0n) is 9.15. The van der Waals surface area contributed by atoms with E-state index >= 15 is 0 Å². The molecule has 2 heteroatoms. The first kappa shape index (κ1) is 11.0. The van der Waals surface area contributed by atoms with E-state index in [1.54, 1.807) is 0 Å². The number of likely N-dealkylation sites (tertiary alicyclic amines) is 1. The molecule has 1 saturated heterocycles. The molecule has 0 aliphatic carbocycles. The highest BCUT2D eigenvalue weighted by Gasteiger charge is 2.20. The lowest BCUT2D eigenvalue weighted by Crippen LogP contribution is -2.38. The van der Waals surface area contributed by atoms with E-state index in [0.29, 0.717) is 12.0 Å².